The van der Waals surface area contributed by atoms with Crippen LogP contribution in [0.3, 0.4) is 0 Å². The molecule has 1 N–H and O–H groups in total. The molecule has 0 saturated carbocycles. The molecule has 0 aliphatic carbocycles. The van der Waals surface area contributed by atoms with Crippen molar-refractivity contribution < 1.29 is 14.3 Å². The van der Waals surface area contributed by atoms with Gasteiger partial charge >= 0.3 is 0 Å². The van der Waals surface area contributed by atoms with E-state index in [2.05, 4.69) is 12.2 Å². The maximum Gasteiger partial charge on any atom is 0.255 e. The lowest BCUT2D eigenvalue weighted by Gasteiger charge is -2.11. The number of carbonyl (C=O) groups excluding carboxylic acids is 1. The quantitative estimate of drug-likeness (QED) is 0.707. The topological polar surface area (TPSA) is 47.6 Å². The minimum atomic E-state index is -0.170. The Labute approximate surface area is 143 Å². The van der Waals surface area contributed by atoms with Crippen molar-refractivity contribution >= 4 is 11.6 Å². The molecule has 0 aromatic heterocycles. The van der Waals surface area contributed by atoms with Gasteiger partial charge in [0.05, 0.1) is 19.4 Å². The number of carbonyl (C=O) groups is 1. The molecular weight excluding hydrogens is 302 g/mol. The first kappa shape index (κ1) is 17.9. The van der Waals surface area contributed by atoms with Crippen LogP contribution in [0.15, 0.2) is 42.5 Å². The van der Waals surface area contributed by atoms with Crippen LogP contribution in [-0.2, 0) is 0 Å². The van der Waals surface area contributed by atoms with Gasteiger partial charge in [-0.25, -0.2) is 0 Å². The summed E-state index contributed by atoms with van der Waals surface area (Å²) in [4.78, 5) is 12.4. The predicted molar refractivity (Wildman–Crippen MR) is 97.1 cm³/mol. The van der Waals surface area contributed by atoms with Crippen LogP contribution in [0.5, 0.6) is 11.5 Å². The molecule has 0 spiro atoms. The predicted octanol–water partition coefficient (Wildman–Crippen LogP) is 4.82. The number of unbranched alkanes of at least 4 members (excludes halogenated alkanes) is 2. The van der Waals surface area contributed by atoms with Crippen LogP contribution < -0.4 is 14.8 Å². The van der Waals surface area contributed by atoms with Crippen molar-refractivity contribution in [2.75, 3.05) is 19.0 Å². The van der Waals surface area contributed by atoms with Gasteiger partial charge in [-0.05, 0) is 55.3 Å². The molecule has 0 unspecified atom stereocenters. The van der Waals surface area contributed by atoms with Crippen LogP contribution in [0.2, 0.25) is 0 Å². The van der Waals surface area contributed by atoms with Gasteiger partial charge in [0.1, 0.15) is 11.5 Å². The largest absolute Gasteiger partial charge is 0.495 e. The molecule has 4 nitrogen and oxygen atoms in total. The third-order valence-electron chi connectivity index (χ3n) is 3.74. The summed E-state index contributed by atoms with van der Waals surface area (Å²) >= 11 is 0. The number of anilines is 1. The van der Waals surface area contributed by atoms with E-state index in [4.69, 9.17) is 9.47 Å². The van der Waals surface area contributed by atoms with Crippen LogP contribution >= 0.6 is 0 Å². The summed E-state index contributed by atoms with van der Waals surface area (Å²) in [7, 11) is 1.59. The maximum absolute atomic E-state index is 12.4. The zero-order chi connectivity index (χ0) is 17.4. The van der Waals surface area contributed by atoms with Crippen molar-refractivity contribution in [2.24, 2.45) is 0 Å². The van der Waals surface area contributed by atoms with Gasteiger partial charge in [0.2, 0.25) is 0 Å². The molecule has 2 aromatic carbocycles. The van der Waals surface area contributed by atoms with E-state index >= 15 is 0 Å². The number of rotatable bonds is 8. The highest BCUT2D eigenvalue weighted by Crippen LogP contribution is 2.26. The van der Waals surface area contributed by atoms with Crippen molar-refractivity contribution in [1.82, 2.24) is 0 Å². The second-order valence-corrected chi connectivity index (χ2v) is 5.74. The Morgan fingerprint density at radius 3 is 2.50 bits per heavy atom. The Bertz CT molecular complexity index is 665. The molecule has 0 bridgehead atoms. The van der Waals surface area contributed by atoms with Crippen molar-refractivity contribution in [1.29, 1.82) is 0 Å². The molecule has 0 atom stereocenters. The highest BCUT2D eigenvalue weighted by atomic mass is 16.5. The molecular formula is C20H25NO3. The van der Waals surface area contributed by atoms with E-state index in [1.54, 1.807) is 19.2 Å². The third-order valence-corrected chi connectivity index (χ3v) is 3.74. The molecule has 0 aliphatic heterocycles. The van der Waals surface area contributed by atoms with Crippen LogP contribution in [0.1, 0.15) is 42.1 Å². The number of methoxy groups -OCH3 is 1. The number of hydrogen-bond acceptors (Lipinski definition) is 3. The Hall–Kier alpha value is -2.49. The average Bonchev–Trinajstić information content (AvgIpc) is 2.59. The standard InChI is InChI=1S/C20H25NO3/c1-4-5-6-13-24-17-10-8-16(9-11-17)20(22)21-18-14-15(2)7-12-19(18)23-3/h7-12,14H,4-6,13H2,1-3H3,(H,21,22). The molecule has 4 heteroatoms. The van der Waals surface area contributed by atoms with Gasteiger partial charge in [-0.1, -0.05) is 25.8 Å². The lowest BCUT2D eigenvalue weighted by atomic mass is 10.1. The minimum absolute atomic E-state index is 0.170. The van der Waals surface area contributed by atoms with Gasteiger partial charge in [0, 0.05) is 5.56 Å². The van der Waals surface area contributed by atoms with Gasteiger partial charge in [-0.15, -0.1) is 0 Å². The van der Waals surface area contributed by atoms with Crippen LogP contribution in [0.4, 0.5) is 5.69 Å². The summed E-state index contributed by atoms with van der Waals surface area (Å²) in [6, 6.07) is 12.9. The molecule has 0 fully saturated rings. The van der Waals surface area contributed by atoms with Crippen molar-refractivity contribution in [3.63, 3.8) is 0 Å². The first-order valence-electron chi connectivity index (χ1n) is 8.33. The van der Waals surface area contributed by atoms with Gasteiger partial charge in [0.25, 0.3) is 5.91 Å². The van der Waals surface area contributed by atoms with E-state index in [1.807, 2.05) is 37.3 Å². The molecule has 1 amide bonds. The zero-order valence-electron chi connectivity index (χ0n) is 14.6. The van der Waals surface area contributed by atoms with Gasteiger partial charge in [-0.2, -0.15) is 0 Å². The fourth-order valence-electron chi connectivity index (χ4n) is 2.36. The molecule has 24 heavy (non-hydrogen) atoms. The monoisotopic (exact) mass is 327 g/mol. The van der Waals surface area contributed by atoms with E-state index in [0.717, 1.165) is 17.7 Å². The Morgan fingerprint density at radius 1 is 1.08 bits per heavy atom. The number of nitrogens with one attached hydrogen (secondary N) is 1. The first-order valence-corrected chi connectivity index (χ1v) is 8.33. The van der Waals surface area contributed by atoms with Gasteiger partial charge in [-0.3, -0.25) is 4.79 Å². The Balaban J connectivity index is 1.99. The first-order chi connectivity index (χ1) is 11.6. The van der Waals surface area contributed by atoms with Crippen LogP contribution in [0.25, 0.3) is 0 Å². The summed E-state index contributed by atoms with van der Waals surface area (Å²) < 4.78 is 10.9. The second kappa shape index (κ2) is 8.96. The fourth-order valence-corrected chi connectivity index (χ4v) is 2.36. The SMILES string of the molecule is CCCCCOc1ccc(C(=O)Nc2cc(C)ccc2OC)cc1. The normalized spacial score (nSPS) is 10.3. The molecule has 0 aliphatic rings. The lowest BCUT2D eigenvalue weighted by Crippen LogP contribution is -2.12. The average molecular weight is 327 g/mol. The number of benzene rings is 2. The van der Waals surface area contributed by atoms with Crippen molar-refractivity contribution in [2.45, 2.75) is 33.1 Å². The maximum atomic E-state index is 12.4. The van der Waals surface area contributed by atoms with E-state index in [0.29, 0.717) is 23.6 Å². The summed E-state index contributed by atoms with van der Waals surface area (Å²) in [5.41, 5.74) is 2.31. The van der Waals surface area contributed by atoms with E-state index < -0.39 is 0 Å². The van der Waals surface area contributed by atoms with E-state index in [9.17, 15) is 4.79 Å². The summed E-state index contributed by atoms with van der Waals surface area (Å²) in [5.74, 6) is 1.26. The van der Waals surface area contributed by atoms with Crippen molar-refractivity contribution in [3.8, 4) is 11.5 Å². The van der Waals surface area contributed by atoms with Crippen LogP contribution in [0, 0.1) is 6.92 Å². The molecule has 128 valence electrons. The molecule has 2 aromatic rings. The summed E-state index contributed by atoms with van der Waals surface area (Å²) in [6.07, 6.45) is 3.38. The number of aryl methyl sites for hydroxylation is 1. The smallest absolute Gasteiger partial charge is 0.255 e. The Morgan fingerprint density at radius 2 is 1.83 bits per heavy atom. The van der Waals surface area contributed by atoms with Crippen LogP contribution in [-0.4, -0.2) is 19.6 Å². The molecule has 0 radical (unpaired) electrons. The van der Waals surface area contributed by atoms with Gasteiger partial charge in [0.15, 0.2) is 0 Å². The number of amides is 1. The highest BCUT2D eigenvalue weighted by molar-refractivity contribution is 6.05. The minimum Gasteiger partial charge on any atom is -0.495 e. The summed E-state index contributed by atoms with van der Waals surface area (Å²) in [6.45, 7) is 4.84. The van der Waals surface area contributed by atoms with Crippen molar-refractivity contribution in [3.05, 3.63) is 53.6 Å². The van der Waals surface area contributed by atoms with E-state index in [-0.39, 0.29) is 5.91 Å². The summed E-state index contributed by atoms with van der Waals surface area (Å²) in [5, 5.41) is 2.89. The van der Waals surface area contributed by atoms with E-state index in [1.165, 1.54) is 12.8 Å². The fraction of sp³-hybridized carbons (Fsp3) is 0.350. The Kier molecular flexibility index (Phi) is 6.67. The molecule has 0 heterocycles. The molecule has 0 saturated heterocycles. The third kappa shape index (κ3) is 5.01. The number of ether oxygens (including phenoxy) is 2. The van der Waals surface area contributed by atoms with Gasteiger partial charge < -0.3 is 14.8 Å². The second-order valence-electron chi connectivity index (χ2n) is 5.74. The lowest BCUT2D eigenvalue weighted by molar-refractivity contribution is 0.102. The zero-order valence-corrected chi connectivity index (χ0v) is 14.6. The highest BCUT2D eigenvalue weighted by Gasteiger charge is 2.10. The number of hydrogen-bond donors (Lipinski definition) is 1. The molecule has 2 rings (SSSR count).